The highest BCUT2D eigenvalue weighted by Crippen LogP contribution is 2.11. The number of aryl methyl sites for hydroxylation is 1. The summed E-state index contributed by atoms with van der Waals surface area (Å²) in [5.74, 6) is 0.690. The molecule has 2 rings (SSSR count). The summed E-state index contributed by atoms with van der Waals surface area (Å²) in [6.45, 7) is 6.66. The summed E-state index contributed by atoms with van der Waals surface area (Å²) in [4.78, 5) is 16.0. The zero-order chi connectivity index (χ0) is 15.8. The number of fused-ring (bicyclic) bond motifs is 1. The van der Waals surface area contributed by atoms with E-state index in [1.165, 1.54) is 0 Å². The van der Waals surface area contributed by atoms with Gasteiger partial charge < -0.3 is 15.2 Å². The average Bonchev–Trinajstić information content (AvgIpc) is 2.91. The van der Waals surface area contributed by atoms with Gasteiger partial charge in [0.1, 0.15) is 0 Å². The van der Waals surface area contributed by atoms with Gasteiger partial charge in [0, 0.05) is 19.6 Å². The molecule has 0 fully saturated rings. The van der Waals surface area contributed by atoms with Crippen LogP contribution in [-0.4, -0.2) is 28.7 Å². The second kappa shape index (κ2) is 8.41. The fourth-order valence-corrected chi connectivity index (χ4v) is 2.41. The van der Waals surface area contributed by atoms with Gasteiger partial charge in [-0.1, -0.05) is 26.0 Å². The van der Waals surface area contributed by atoms with Gasteiger partial charge in [-0.15, -0.1) is 0 Å². The zero-order valence-electron chi connectivity index (χ0n) is 13.5. The SMILES string of the molecule is CC(C)CCCNC(=O)NCCCn1cnc2ccccc21. The maximum atomic E-state index is 11.6. The number of hydrogen-bond acceptors (Lipinski definition) is 2. The number of benzene rings is 1. The summed E-state index contributed by atoms with van der Waals surface area (Å²) in [6.07, 6.45) is 4.93. The van der Waals surface area contributed by atoms with Gasteiger partial charge in [0.05, 0.1) is 17.4 Å². The lowest BCUT2D eigenvalue weighted by Gasteiger charge is -2.09. The number of amides is 2. The van der Waals surface area contributed by atoms with Gasteiger partial charge in [-0.3, -0.25) is 0 Å². The molecule has 0 saturated carbocycles. The van der Waals surface area contributed by atoms with Crippen LogP contribution in [0.3, 0.4) is 0 Å². The molecular weight excluding hydrogens is 276 g/mol. The van der Waals surface area contributed by atoms with Crippen molar-refractivity contribution in [1.82, 2.24) is 20.2 Å². The lowest BCUT2D eigenvalue weighted by molar-refractivity contribution is 0.240. The Morgan fingerprint density at radius 2 is 1.91 bits per heavy atom. The highest BCUT2D eigenvalue weighted by atomic mass is 16.2. The van der Waals surface area contributed by atoms with Crippen molar-refractivity contribution >= 4 is 17.1 Å². The Kier molecular flexibility index (Phi) is 6.25. The topological polar surface area (TPSA) is 59.0 Å². The lowest BCUT2D eigenvalue weighted by atomic mass is 10.1. The molecule has 2 N–H and O–H groups in total. The van der Waals surface area contributed by atoms with Crippen LogP contribution in [0.15, 0.2) is 30.6 Å². The molecule has 5 heteroatoms. The summed E-state index contributed by atoms with van der Waals surface area (Å²) < 4.78 is 2.12. The number of hydrogen-bond donors (Lipinski definition) is 2. The van der Waals surface area contributed by atoms with Gasteiger partial charge in [0.15, 0.2) is 0 Å². The van der Waals surface area contributed by atoms with Crippen LogP contribution in [0, 0.1) is 5.92 Å². The van der Waals surface area contributed by atoms with Gasteiger partial charge in [-0.25, -0.2) is 9.78 Å². The smallest absolute Gasteiger partial charge is 0.314 e. The van der Waals surface area contributed by atoms with E-state index in [9.17, 15) is 4.79 Å². The minimum absolute atomic E-state index is 0.0701. The summed E-state index contributed by atoms with van der Waals surface area (Å²) in [6, 6.07) is 8.01. The first-order valence-corrected chi connectivity index (χ1v) is 8.08. The Morgan fingerprint density at radius 3 is 2.68 bits per heavy atom. The maximum absolute atomic E-state index is 11.6. The summed E-state index contributed by atoms with van der Waals surface area (Å²) >= 11 is 0. The minimum Gasteiger partial charge on any atom is -0.338 e. The molecule has 0 aliphatic rings. The van der Waals surface area contributed by atoms with Crippen molar-refractivity contribution in [3.63, 3.8) is 0 Å². The Morgan fingerprint density at radius 1 is 1.18 bits per heavy atom. The number of carbonyl (C=O) groups excluding carboxylic acids is 1. The highest BCUT2D eigenvalue weighted by molar-refractivity contribution is 5.75. The van der Waals surface area contributed by atoms with Crippen LogP contribution in [0.5, 0.6) is 0 Å². The molecule has 0 spiro atoms. The largest absolute Gasteiger partial charge is 0.338 e. The van der Waals surface area contributed by atoms with Crippen LogP contribution in [0.25, 0.3) is 11.0 Å². The number of urea groups is 1. The normalized spacial score (nSPS) is 11.0. The van der Waals surface area contributed by atoms with E-state index in [4.69, 9.17) is 0 Å². The molecule has 5 nitrogen and oxygen atoms in total. The molecule has 2 aromatic rings. The van der Waals surface area contributed by atoms with Crippen LogP contribution in [0.4, 0.5) is 4.79 Å². The molecule has 0 unspecified atom stereocenters. The van der Waals surface area contributed by atoms with Crippen LogP contribution in [0.1, 0.15) is 33.1 Å². The average molecular weight is 302 g/mol. The molecule has 0 bridgehead atoms. The van der Waals surface area contributed by atoms with Crippen LogP contribution < -0.4 is 10.6 Å². The number of imidazole rings is 1. The molecule has 0 aliphatic carbocycles. The number of para-hydroxylation sites is 2. The molecule has 0 atom stereocenters. The molecule has 120 valence electrons. The van der Waals surface area contributed by atoms with Gasteiger partial charge >= 0.3 is 6.03 Å². The standard InChI is InChI=1S/C17H26N4O/c1-14(2)7-5-10-18-17(22)19-11-6-12-21-13-20-15-8-3-4-9-16(15)21/h3-4,8-9,13-14H,5-7,10-12H2,1-2H3,(H2,18,19,22). The predicted molar refractivity (Wildman–Crippen MR) is 89.8 cm³/mol. The van der Waals surface area contributed by atoms with Crippen molar-refractivity contribution in [3.05, 3.63) is 30.6 Å². The van der Waals surface area contributed by atoms with Crippen molar-refractivity contribution in [2.45, 2.75) is 39.7 Å². The van der Waals surface area contributed by atoms with Gasteiger partial charge in [0.25, 0.3) is 0 Å². The van der Waals surface area contributed by atoms with Crippen molar-refractivity contribution in [3.8, 4) is 0 Å². The fourth-order valence-electron chi connectivity index (χ4n) is 2.41. The molecule has 0 radical (unpaired) electrons. The third-order valence-electron chi connectivity index (χ3n) is 3.63. The first kappa shape index (κ1) is 16.3. The van der Waals surface area contributed by atoms with Gasteiger partial charge in [-0.05, 0) is 37.3 Å². The number of nitrogens with zero attached hydrogens (tertiary/aromatic N) is 2. The van der Waals surface area contributed by atoms with E-state index in [0.29, 0.717) is 12.5 Å². The van der Waals surface area contributed by atoms with E-state index in [0.717, 1.165) is 43.4 Å². The maximum Gasteiger partial charge on any atom is 0.314 e. The minimum atomic E-state index is -0.0701. The highest BCUT2D eigenvalue weighted by Gasteiger charge is 2.02. The number of aromatic nitrogens is 2. The molecule has 2 amide bonds. The van der Waals surface area contributed by atoms with Crippen molar-refractivity contribution in [2.24, 2.45) is 5.92 Å². The molecule has 1 heterocycles. The lowest BCUT2D eigenvalue weighted by Crippen LogP contribution is -2.36. The molecule has 0 saturated heterocycles. The van der Waals surface area contributed by atoms with E-state index in [1.807, 2.05) is 24.5 Å². The van der Waals surface area contributed by atoms with Crippen LogP contribution >= 0.6 is 0 Å². The molecule has 1 aromatic carbocycles. The first-order valence-electron chi connectivity index (χ1n) is 8.08. The summed E-state index contributed by atoms with van der Waals surface area (Å²) in [5, 5.41) is 5.79. The van der Waals surface area contributed by atoms with Crippen molar-refractivity contribution in [2.75, 3.05) is 13.1 Å². The second-order valence-electron chi connectivity index (χ2n) is 6.00. The first-order chi connectivity index (χ1) is 10.7. The predicted octanol–water partition coefficient (Wildman–Crippen LogP) is 3.16. The Bertz CT molecular complexity index is 591. The molecular formula is C17H26N4O. The fraction of sp³-hybridized carbons (Fsp3) is 0.529. The Balaban J connectivity index is 1.62. The Hall–Kier alpha value is -2.04. The summed E-state index contributed by atoms with van der Waals surface area (Å²) in [5.41, 5.74) is 2.15. The van der Waals surface area contributed by atoms with Crippen LogP contribution in [-0.2, 0) is 6.54 Å². The second-order valence-corrected chi connectivity index (χ2v) is 6.00. The van der Waals surface area contributed by atoms with Gasteiger partial charge in [-0.2, -0.15) is 0 Å². The van der Waals surface area contributed by atoms with E-state index < -0.39 is 0 Å². The molecule has 0 aliphatic heterocycles. The van der Waals surface area contributed by atoms with E-state index in [2.05, 4.69) is 40.1 Å². The third-order valence-corrected chi connectivity index (χ3v) is 3.63. The number of carbonyl (C=O) groups is 1. The monoisotopic (exact) mass is 302 g/mol. The Labute approximate surface area is 132 Å². The third kappa shape index (κ3) is 5.06. The van der Waals surface area contributed by atoms with Crippen molar-refractivity contribution < 1.29 is 4.79 Å². The van der Waals surface area contributed by atoms with Crippen molar-refractivity contribution in [1.29, 1.82) is 0 Å². The molecule has 1 aromatic heterocycles. The number of nitrogens with one attached hydrogen (secondary N) is 2. The van der Waals surface area contributed by atoms with E-state index >= 15 is 0 Å². The van der Waals surface area contributed by atoms with E-state index in [-0.39, 0.29) is 6.03 Å². The van der Waals surface area contributed by atoms with E-state index in [1.54, 1.807) is 0 Å². The molecule has 22 heavy (non-hydrogen) atoms. The zero-order valence-corrected chi connectivity index (χ0v) is 13.5. The summed E-state index contributed by atoms with van der Waals surface area (Å²) in [7, 11) is 0. The quantitative estimate of drug-likeness (QED) is 0.736. The number of rotatable bonds is 8. The van der Waals surface area contributed by atoms with Gasteiger partial charge in [0.2, 0.25) is 0 Å². The van der Waals surface area contributed by atoms with Crippen LogP contribution in [0.2, 0.25) is 0 Å².